The van der Waals surface area contributed by atoms with Crippen LogP contribution in [0.3, 0.4) is 0 Å². The lowest BCUT2D eigenvalue weighted by molar-refractivity contribution is 0.211. The third kappa shape index (κ3) is 2.07. The Morgan fingerprint density at radius 2 is 2.40 bits per heavy atom. The summed E-state index contributed by atoms with van der Waals surface area (Å²) in [5.41, 5.74) is 6.86. The molecule has 82 valence electrons. The monoisotopic (exact) mass is 207 g/mol. The van der Waals surface area contributed by atoms with Crippen LogP contribution in [0.1, 0.15) is 12.5 Å². The third-order valence-corrected chi connectivity index (χ3v) is 2.67. The summed E-state index contributed by atoms with van der Waals surface area (Å²) in [5, 5.41) is 0. The topological polar surface area (TPSA) is 44.5 Å². The van der Waals surface area contributed by atoms with Gasteiger partial charge in [0.15, 0.2) is 11.5 Å². The smallest absolute Gasteiger partial charge is 0.164 e. The number of nitrogens with two attached hydrogens (primary N) is 1. The summed E-state index contributed by atoms with van der Waals surface area (Å²) in [6.07, 6.45) is 0.993. The lowest BCUT2D eigenvalue weighted by Crippen LogP contribution is -2.27. The first-order valence-electron chi connectivity index (χ1n) is 5.42. The standard InChI is InChI=1S/C12H17NO2/c1-2-14-11-5-3-4-10-6-9(7-13)8-15-12(10)11/h3-5,9H,2,6-8,13H2,1H3. The Labute approximate surface area is 90.2 Å². The first-order chi connectivity index (χ1) is 7.35. The van der Waals surface area contributed by atoms with Crippen molar-refractivity contribution in [2.45, 2.75) is 13.3 Å². The van der Waals surface area contributed by atoms with Crippen LogP contribution in [0, 0.1) is 5.92 Å². The summed E-state index contributed by atoms with van der Waals surface area (Å²) < 4.78 is 11.2. The summed E-state index contributed by atoms with van der Waals surface area (Å²) in [5.74, 6) is 2.20. The van der Waals surface area contributed by atoms with Crippen LogP contribution in [0.2, 0.25) is 0 Å². The second-order valence-corrected chi connectivity index (χ2v) is 3.79. The van der Waals surface area contributed by atoms with E-state index in [1.807, 2.05) is 19.1 Å². The molecule has 2 N–H and O–H groups in total. The molecule has 3 nitrogen and oxygen atoms in total. The van der Waals surface area contributed by atoms with Crippen molar-refractivity contribution in [3.63, 3.8) is 0 Å². The maximum Gasteiger partial charge on any atom is 0.164 e. The molecule has 1 atom stereocenters. The van der Waals surface area contributed by atoms with Crippen LogP contribution in [-0.4, -0.2) is 19.8 Å². The van der Waals surface area contributed by atoms with Crippen LogP contribution >= 0.6 is 0 Å². The van der Waals surface area contributed by atoms with Gasteiger partial charge in [0.1, 0.15) is 0 Å². The zero-order valence-electron chi connectivity index (χ0n) is 9.03. The average Bonchev–Trinajstić information content (AvgIpc) is 2.29. The Balaban J connectivity index is 2.25. The molecular weight excluding hydrogens is 190 g/mol. The summed E-state index contributed by atoms with van der Waals surface area (Å²) >= 11 is 0. The highest BCUT2D eigenvalue weighted by Crippen LogP contribution is 2.35. The van der Waals surface area contributed by atoms with Crippen molar-refractivity contribution in [2.24, 2.45) is 11.7 Å². The minimum atomic E-state index is 0.439. The molecule has 0 saturated carbocycles. The molecule has 2 rings (SSSR count). The van der Waals surface area contributed by atoms with Gasteiger partial charge in [-0.05, 0) is 31.5 Å². The third-order valence-electron chi connectivity index (χ3n) is 2.67. The van der Waals surface area contributed by atoms with Gasteiger partial charge in [-0.2, -0.15) is 0 Å². The Kier molecular flexibility index (Phi) is 3.11. The molecule has 0 spiro atoms. The van der Waals surface area contributed by atoms with E-state index in [0.717, 1.165) is 17.9 Å². The second kappa shape index (κ2) is 4.53. The van der Waals surface area contributed by atoms with Crippen LogP contribution in [-0.2, 0) is 6.42 Å². The van der Waals surface area contributed by atoms with Crippen molar-refractivity contribution in [1.82, 2.24) is 0 Å². The van der Waals surface area contributed by atoms with Crippen LogP contribution in [0.25, 0.3) is 0 Å². The summed E-state index contributed by atoms with van der Waals surface area (Å²) in [6, 6.07) is 6.04. The van der Waals surface area contributed by atoms with Gasteiger partial charge < -0.3 is 15.2 Å². The van der Waals surface area contributed by atoms with Gasteiger partial charge in [-0.25, -0.2) is 0 Å². The van der Waals surface area contributed by atoms with Crippen molar-refractivity contribution < 1.29 is 9.47 Å². The quantitative estimate of drug-likeness (QED) is 0.818. The predicted molar refractivity (Wildman–Crippen MR) is 59.4 cm³/mol. The number of fused-ring (bicyclic) bond motifs is 1. The van der Waals surface area contributed by atoms with Gasteiger partial charge in [-0.3, -0.25) is 0 Å². The van der Waals surface area contributed by atoms with Gasteiger partial charge in [0.05, 0.1) is 13.2 Å². The van der Waals surface area contributed by atoms with Crippen LogP contribution in [0.15, 0.2) is 18.2 Å². The van der Waals surface area contributed by atoms with E-state index in [4.69, 9.17) is 15.2 Å². The normalized spacial score (nSPS) is 19.2. The number of hydrogen-bond acceptors (Lipinski definition) is 3. The van der Waals surface area contributed by atoms with Gasteiger partial charge in [0, 0.05) is 5.92 Å². The summed E-state index contributed by atoms with van der Waals surface area (Å²) in [6.45, 7) is 4.02. The minimum Gasteiger partial charge on any atom is -0.490 e. The lowest BCUT2D eigenvalue weighted by Gasteiger charge is -2.25. The maximum atomic E-state index is 5.71. The molecule has 1 heterocycles. The van der Waals surface area contributed by atoms with Crippen LogP contribution in [0.4, 0.5) is 0 Å². The molecule has 0 radical (unpaired) electrons. The number of para-hydroxylation sites is 1. The molecule has 1 aromatic carbocycles. The molecule has 3 heteroatoms. The molecule has 0 aromatic heterocycles. The Hall–Kier alpha value is -1.22. The van der Waals surface area contributed by atoms with Crippen molar-refractivity contribution >= 4 is 0 Å². The Bertz CT molecular complexity index is 338. The Morgan fingerprint density at radius 3 is 3.13 bits per heavy atom. The highest BCUT2D eigenvalue weighted by atomic mass is 16.5. The van der Waals surface area contributed by atoms with Crippen molar-refractivity contribution in [3.8, 4) is 11.5 Å². The molecule has 1 aromatic rings. The molecular formula is C12H17NO2. The van der Waals surface area contributed by atoms with Crippen molar-refractivity contribution in [2.75, 3.05) is 19.8 Å². The summed E-state index contributed by atoms with van der Waals surface area (Å²) in [4.78, 5) is 0. The fourth-order valence-corrected chi connectivity index (χ4v) is 1.88. The number of benzene rings is 1. The van der Waals surface area contributed by atoms with E-state index in [9.17, 15) is 0 Å². The van der Waals surface area contributed by atoms with E-state index in [1.165, 1.54) is 5.56 Å². The fraction of sp³-hybridized carbons (Fsp3) is 0.500. The largest absolute Gasteiger partial charge is 0.490 e. The first-order valence-corrected chi connectivity index (χ1v) is 5.42. The molecule has 0 amide bonds. The van der Waals surface area contributed by atoms with E-state index >= 15 is 0 Å². The van der Waals surface area contributed by atoms with Crippen LogP contribution < -0.4 is 15.2 Å². The van der Waals surface area contributed by atoms with Crippen molar-refractivity contribution in [3.05, 3.63) is 23.8 Å². The number of ether oxygens (including phenoxy) is 2. The van der Waals surface area contributed by atoms with E-state index in [1.54, 1.807) is 0 Å². The number of rotatable bonds is 3. The molecule has 1 aliphatic rings. The molecule has 0 fully saturated rings. The van der Waals surface area contributed by atoms with Gasteiger partial charge in [-0.15, -0.1) is 0 Å². The maximum absolute atomic E-state index is 5.71. The van der Waals surface area contributed by atoms with E-state index in [-0.39, 0.29) is 0 Å². The molecule has 0 bridgehead atoms. The molecule has 15 heavy (non-hydrogen) atoms. The average molecular weight is 207 g/mol. The zero-order chi connectivity index (χ0) is 10.7. The van der Waals surface area contributed by atoms with E-state index in [2.05, 4.69) is 6.07 Å². The highest BCUT2D eigenvalue weighted by molar-refractivity contribution is 5.47. The Morgan fingerprint density at radius 1 is 1.53 bits per heavy atom. The van der Waals surface area contributed by atoms with Gasteiger partial charge >= 0.3 is 0 Å². The van der Waals surface area contributed by atoms with Gasteiger partial charge in [0.2, 0.25) is 0 Å². The number of hydrogen-bond donors (Lipinski definition) is 1. The fourth-order valence-electron chi connectivity index (χ4n) is 1.88. The van der Waals surface area contributed by atoms with Crippen molar-refractivity contribution in [1.29, 1.82) is 0 Å². The minimum absolute atomic E-state index is 0.439. The predicted octanol–water partition coefficient (Wildman–Crippen LogP) is 1.60. The summed E-state index contributed by atoms with van der Waals surface area (Å²) in [7, 11) is 0. The molecule has 0 aliphatic carbocycles. The second-order valence-electron chi connectivity index (χ2n) is 3.79. The van der Waals surface area contributed by atoms with E-state index < -0.39 is 0 Å². The molecule has 1 unspecified atom stereocenters. The first kappa shape index (κ1) is 10.3. The lowest BCUT2D eigenvalue weighted by atomic mass is 9.97. The molecule has 1 aliphatic heterocycles. The highest BCUT2D eigenvalue weighted by Gasteiger charge is 2.21. The van der Waals surface area contributed by atoms with Gasteiger partial charge in [0.25, 0.3) is 0 Å². The van der Waals surface area contributed by atoms with Gasteiger partial charge in [-0.1, -0.05) is 12.1 Å². The SMILES string of the molecule is CCOc1cccc2c1OCC(CN)C2. The zero-order valence-corrected chi connectivity index (χ0v) is 9.03. The van der Waals surface area contributed by atoms with Crippen LogP contribution in [0.5, 0.6) is 11.5 Å². The molecule has 0 saturated heterocycles. The van der Waals surface area contributed by atoms with E-state index in [0.29, 0.717) is 25.7 Å².